The Kier molecular flexibility index (Phi) is 5.38. The van der Waals surface area contributed by atoms with Crippen LogP contribution in [0.1, 0.15) is 27.8 Å². The molecule has 4 nitrogen and oxygen atoms in total. The largest absolute Gasteiger partial charge is 0.350 e. The van der Waals surface area contributed by atoms with Crippen molar-refractivity contribution in [2.24, 2.45) is 0 Å². The van der Waals surface area contributed by atoms with E-state index in [9.17, 15) is 18.4 Å². The topological polar surface area (TPSA) is 49.4 Å². The minimum atomic E-state index is -1.05. The number of rotatable bonds is 4. The number of hydrogen-bond acceptors (Lipinski definition) is 3. The Morgan fingerprint density at radius 2 is 1.41 bits per heavy atom. The van der Waals surface area contributed by atoms with Crippen LogP contribution in [-0.2, 0) is 9.59 Å². The lowest BCUT2D eigenvalue weighted by atomic mass is 9.99. The zero-order chi connectivity index (χ0) is 23.2. The van der Waals surface area contributed by atoms with E-state index in [-0.39, 0.29) is 17.0 Å². The van der Waals surface area contributed by atoms with Crippen molar-refractivity contribution in [3.05, 3.63) is 99.7 Å². The Hall–Kier alpha value is -3.80. The highest BCUT2D eigenvalue weighted by Crippen LogP contribution is 2.35. The fourth-order valence-electron chi connectivity index (χ4n) is 3.84. The molecule has 0 atom stereocenters. The number of benzene rings is 3. The lowest BCUT2D eigenvalue weighted by molar-refractivity contribution is -0.120. The van der Waals surface area contributed by atoms with Crippen molar-refractivity contribution in [3.63, 3.8) is 0 Å². The number of nitrogens with zero attached hydrogens (tertiary/aromatic N) is 1. The van der Waals surface area contributed by atoms with E-state index in [0.29, 0.717) is 11.3 Å². The molecule has 32 heavy (non-hydrogen) atoms. The molecule has 4 rings (SSSR count). The van der Waals surface area contributed by atoms with Gasteiger partial charge in [-0.2, -0.15) is 0 Å². The molecule has 3 aromatic carbocycles. The standard InChI is InChI=1S/C26H22F2N2O2/c1-14-9-15(2)11-20(10-14)30-25(31)23(18-6-5-16(3)17(4)12-18)24(26(30)32)29-19-7-8-21(27)22(28)13-19/h5-13,29H,1-4H3. The molecule has 2 amide bonds. The Bertz CT molecular complexity index is 1290. The minimum absolute atomic E-state index is 0.0171. The third-order valence-electron chi connectivity index (χ3n) is 5.53. The second-order valence-electron chi connectivity index (χ2n) is 8.09. The maximum atomic E-state index is 13.8. The van der Waals surface area contributed by atoms with Gasteiger partial charge in [0, 0.05) is 11.8 Å². The van der Waals surface area contributed by atoms with Gasteiger partial charge in [-0.05, 0) is 79.8 Å². The second kappa shape index (κ2) is 8.04. The lowest BCUT2D eigenvalue weighted by Crippen LogP contribution is -2.32. The van der Waals surface area contributed by atoms with Gasteiger partial charge in [0.2, 0.25) is 0 Å². The van der Waals surface area contributed by atoms with E-state index in [2.05, 4.69) is 5.32 Å². The highest BCUT2D eigenvalue weighted by molar-refractivity contribution is 6.46. The fraction of sp³-hybridized carbons (Fsp3) is 0.154. The average Bonchev–Trinajstić information content (AvgIpc) is 2.96. The van der Waals surface area contributed by atoms with Crippen molar-refractivity contribution in [1.82, 2.24) is 0 Å². The zero-order valence-electron chi connectivity index (χ0n) is 18.2. The molecule has 0 bridgehead atoms. The summed E-state index contributed by atoms with van der Waals surface area (Å²) >= 11 is 0. The van der Waals surface area contributed by atoms with Crippen LogP contribution >= 0.6 is 0 Å². The van der Waals surface area contributed by atoms with Crippen molar-refractivity contribution >= 4 is 28.8 Å². The fourth-order valence-corrected chi connectivity index (χ4v) is 3.84. The van der Waals surface area contributed by atoms with Crippen LogP contribution in [0.5, 0.6) is 0 Å². The number of halogens is 2. The molecule has 0 saturated heterocycles. The first-order valence-electron chi connectivity index (χ1n) is 10.2. The van der Waals surface area contributed by atoms with Gasteiger partial charge in [-0.25, -0.2) is 13.7 Å². The van der Waals surface area contributed by atoms with Crippen LogP contribution in [0.2, 0.25) is 0 Å². The Balaban J connectivity index is 1.86. The SMILES string of the molecule is Cc1cc(C)cc(N2C(=O)C(Nc3ccc(F)c(F)c3)=C(c3ccc(C)c(C)c3)C2=O)c1. The van der Waals surface area contributed by atoms with Crippen LogP contribution < -0.4 is 10.2 Å². The number of carbonyl (C=O) groups is 2. The molecule has 1 N–H and O–H groups in total. The first-order valence-corrected chi connectivity index (χ1v) is 10.2. The molecule has 0 radical (unpaired) electrons. The molecular weight excluding hydrogens is 410 g/mol. The molecule has 1 heterocycles. The van der Waals surface area contributed by atoms with E-state index in [4.69, 9.17) is 0 Å². The van der Waals surface area contributed by atoms with Gasteiger partial charge < -0.3 is 5.32 Å². The maximum absolute atomic E-state index is 13.8. The molecule has 0 aliphatic carbocycles. The predicted octanol–water partition coefficient (Wildman–Crippen LogP) is 5.60. The molecule has 0 aromatic heterocycles. The predicted molar refractivity (Wildman–Crippen MR) is 121 cm³/mol. The molecule has 162 valence electrons. The van der Waals surface area contributed by atoms with Crippen molar-refractivity contribution in [2.45, 2.75) is 27.7 Å². The van der Waals surface area contributed by atoms with Crippen LogP contribution in [0.15, 0.2) is 60.3 Å². The average molecular weight is 432 g/mol. The smallest absolute Gasteiger partial charge is 0.282 e. The number of nitrogens with one attached hydrogen (secondary N) is 1. The van der Waals surface area contributed by atoms with Crippen molar-refractivity contribution < 1.29 is 18.4 Å². The van der Waals surface area contributed by atoms with Gasteiger partial charge in [0.25, 0.3) is 11.8 Å². The van der Waals surface area contributed by atoms with Gasteiger partial charge in [0.05, 0.1) is 11.3 Å². The summed E-state index contributed by atoms with van der Waals surface area (Å²) in [6.07, 6.45) is 0. The van der Waals surface area contributed by atoms with E-state index in [1.165, 1.54) is 6.07 Å². The first kappa shape index (κ1) is 21.4. The number of amides is 2. The lowest BCUT2D eigenvalue weighted by Gasteiger charge is -2.17. The van der Waals surface area contributed by atoms with E-state index in [1.807, 2.05) is 45.9 Å². The first-order chi connectivity index (χ1) is 15.2. The summed E-state index contributed by atoms with van der Waals surface area (Å²) in [5.74, 6) is -3.08. The van der Waals surface area contributed by atoms with Gasteiger partial charge in [-0.15, -0.1) is 0 Å². The number of hydrogen-bond donors (Lipinski definition) is 1. The Morgan fingerprint density at radius 3 is 2.03 bits per heavy atom. The van der Waals surface area contributed by atoms with Crippen LogP contribution in [0.3, 0.4) is 0 Å². The maximum Gasteiger partial charge on any atom is 0.282 e. The van der Waals surface area contributed by atoms with Crippen molar-refractivity contribution in [3.8, 4) is 0 Å². The summed E-state index contributed by atoms with van der Waals surface area (Å²) in [7, 11) is 0. The quantitative estimate of drug-likeness (QED) is 0.547. The van der Waals surface area contributed by atoms with E-state index >= 15 is 0 Å². The van der Waals surface area contributed by atoms with Gasteiger partial charge in [0.1, 0.15) is 5.70 Å². The summed E-state index contributed by atoms with van der Waals surface area (Å²) in [5.41, 5.74) is 5.24. The summed E-state index contributed by atoms with van der Waals surface area (Å²) in [4.78, 5) is 28.1. The number of anilines is 2. The van der Waals surface area contributed by atoms with Gasteiger partial charge in [-0.1, -0.05) is 24.3 Å². The summed E-state index contributed by atoms with van der Waals surface area (Å²) in [6, 6.07) is 14.2. The van der Waals surface area contributed by atoms with Crippen LogP contribution in [0.25, 0.3) is 5.57 Å². The van der Waals surface area contributed by atoms with Crippen LogP contribution in [-0.4, -0.2) is 11.8 Å². The molecule has 0 fully saturated rings. The molecule has 6 heteroatoms. The molecule has 3 aromatic rings. The molecule has 1 aliphatic heterocycles. The van der Waals surface area contributed by atoms with Crippen LogP contribution in [0.4, 0.5) is 20.2 Å². The van der Waals surface area contributed by atoms with Crippen LogP contribution in [0, 0.1) is 39.3 Å². The van der Waals surface area contributed by atoms with E-state index in [1.54, 1.807) is 18.2 Å². The highest BCUT2D eigenvalue weighted by atomic mass is 19.2. The zero-order valence-corrected chi connectivity index (χ0v) is 18.2. The van der Waals surface area contributed by atoms with Crippen molar-refractivity contribution in [2.75, 3.05) is 10.2 Å². The van der Waals surface area contributed by atoms with E-state index in [0.717, 1.165) is 39.3 Å². The summed E-state index contributed by atoms with van der Waals surface area (Å²) in [5, 5.41) is 2.86. The molecular formula is C26H22F2N2O2. The number of imide groups is 1. The molecule has 0 unspecified atom stereocenters. The molecule has 0 spiro atoms. The molecule has 1 aliphatic rings. The normalized spacial score (nSPS) is 13.9. The summed E-state index contributed by atoms with van der Waals surface area (Å²) in [6.45, 7) is 7.65. The highest BCUT2D eigenvalue weighted by Gasteiger charge is 2.40. The van der Waals surface area contributed by atoms with Gasteiger partial charge in [-0.3, -0.25) is 9.59 Å². The Morgan fingerprint density at radius 1 is 0.719 bits per heavy atom. The monoisotopic (exact) mass is 432 g/mol. The third-order valence-corrected chi connectivity index (χ3v) is 5.53. The second-order valence-corrected chi connectivity index (χ2v) is 8.09. The van der Waals surface area contributed by atoms with E-state index < -0.39 is 23.4 Å². The third kappa shape index (κ3) is 3.80. The number of carbonyl (C=O) groups excluding carboxylic acids is 2. The van der Waals surface area contributed by atoms with Crippen molar-refractivity contribution in [1.29, 1.82) is 0 Å². The number of aryl methyl sites for hydroxylation is 4. The van der Waals surface area contributed by atoms with Gasteiger partial charge in [0.15, 0.2) is 11.6 Å². The molecule has 0 saturated carbocycles. The Labute approximate surface area is 185 Å². The van der Waals surface area contributed by atoms with Gasteiger partial charge >= 0.3 is 0 Å². The summed E-state index contributed by atoms with van der Waals surface area (Å²) < 4.78 is 27.2. The minimum Gasteiger partial charge on any atom is -0.350 e.